The molecule has 4 rings (SSSR count). The predicted molar refractivity (Wildman–Crippen MR) is 106 cm³/mol. The zero-order valence-electron chi connectivity index (χ0n) is 14.4. The monoisotopic (exact) mass is 373 g/mol. The zero-order chi connectivity index (χ0) is 18.8. The Morgan fingerprint density at radius 1 is 1.15 bits per heavy atom. The number of hydrogen-bond acceptors (Lipinski definition) is 4. The van der Waals surface area contributed by atoms with Crippen molar-refractivity contribution in [3.63, 3.8) is 0 Å². The summed E-state index contributed by atoms with van der Waals surface area (Å²) in [5.41, 5.74) is 4.65. The second-order valence-corrected chi connectivity index (χ2v) is 6.73. The van der Waals surface area contributed by atoms with Gasteiger partial charge in [0, 0.05) is 34.6 Å². The van der Waals surface area contributed by atoms with Crippen molar-refractivity contribution in [1.82, 2.24) is 10.2 Å². The lowest BCUT2D eigenvalue weighted by atomic mass is 9.89. The van der Waals surface area contributed by atoms with Gasteiger partial charge in [-0.05, 0) is 41.5 Å². The number of benzene rings is 2. The number of nitriles is 1. The van der Waals surface area contributed by atoms with E-state index in [0.717, 1.165) is 17.0 Å². The summed E-state index contributed by atoms with van der Waals surface area (Å²) >= 11 is 5.95. The maximum Gasteiger partial charge on any atom is 0.195 e. The summed E-state index contributed by atoms with van der Waals surface area (Å²) in [5, 5.41) is 13.2. The first-order chi connectivity index (χ1) is 13.2. The van der Waals surface area contributed by atoms with Crippen LogP contribution < -0.4 is 5.32 Å². The van der Waals surface area contributed by atoms with Crippen LogP contribution in [0.4, 0.5) is 0 Å². The minimum Gasteiger partial charge on any atom is -0.329 e. The zero-order valence-corrected chi connectivity index (χ0v) is 15.2. The van der Waals surface area contributed by atoms with E-state index < -0.39 is 0 Å². The molecular formula is C22H16ClN3O. The Hall–Kier alpha value is -3.13. The summed E-state index contributed by atoms with van der Waals surface area (Å²) in [6.07, 6.45) is 3.35. The molecule has 132 valence electrons. The van der Waals surface area contributed by atoms with Crippen molar-refractivity contribution in [3.05, 3.63) is 99.7 Å². The first-order valence-corrected chi connectivity index (χ1v) is 8.96. The number of carbonyl (C=O) groups excluding carboxylic acids is 1. The Kier molecular flexibility index (Phi) is 4.64. The summed E-state index contributed by atoms with van der Waals surface area (Å²) in [6, 6.07) is 18.9. The molecule has 27 heavy (non-hydrogen) atoms. The van der Waals surface area contributed by atoms with Gasteiger partial charge in [0.25, 0.3) is 0 Å². The highest BCUT2D eigenvalue weighted by Gasteiger charge is 2.33. The van der Waals surface area contributed by atoms with Gasteiger partial charge >= 0.3 is 0 Å². The Morgan fingerprint density at radius 3 is 2.59 bits per heavy atom. The molecule has 0 atom stereocenters. The number of nitrogens with one attached hydrogen (secondary N) is 1. The molecule has 0 unspecified atom stereocenters. The Balaban J connectivity index is 1.84. The molecule has 2 aromatic carbocycles. The molecule has 1 saturated heterocycles. The average molecular weight is 374 g/mol. The van der Waals surface area contributed by atoms with Crippen LogP contribution in [0.3, 0.4) is 0 Å². The van der Waals surface area contributed by atoms with E-state index >= 15 is 0 Å². The first-order valence-electron chi connectivity index (χ1n) is 8.58. The summed E-state index contributed by atoms with van der Waals surface area (Å²) in [6.45, 7) is 1.19. The topological polar surface area (TPSA) is 56.1 Å². The molecule has 2 aliphatic rings. The molecule has 0 aromatic heterocycles. The summed E-state index contributed by atoms with van der Waals surface area (Å²) in [4.78, 5) is 15.4. The van der Waals surface area contributed by atoms with Gasteiger partial charge in [0.05, 0.1) is 18.3 Å². The van der Waals surface area contributed by atoms with E-state index in [1.54, 1.807) is 24.3 Å². The molecule has 1 fully saturated rings. The fourth-order valence-corrected chi connectivity index (χ4v) is 3.56. The van der Waals surface area contributed by atoms with Crippen LogP contribution in [0.25, 0.3) is 5.70 Å². The van der Waals surface area contributed by atoms with E-state index in [0.29, 0.717) is 34.9 Å². The normalized spacial score (nSPS) is 17.6. The molecule has 2 aliphatic heterocycles. The van der Waals surface area contributed by atoms with Crippen LogP contribution in [0.1, 0.15) is 15.9 Å². The van der Waals surface area contributed by atoms with Crippen LogP contribution in [0.2, 0.25) is 5.02 Å². The highest BCUT2D eigenvalue weighted by Crippen LogP contribution is 2.37. The molecule has 0 saturated carbocycles. The number of allylic oxidation sites excluding steroid dienone is 4. The molecule has 2 heterocycles. The SMILES string of the molecule is N#C/C=C1/C=C(c2ccccc2)N2CNCC2=C1C(=O)c1ccc(Cl)cc1. The maximum atomic E-state index is 13.2. The number of carbonyl (C=O) groups is 1. The van der Waals surface area contributed by atoms with Crippen LogP contribution >= 0.6 is 11.6 Å². The highest BCUT2D eigenvalue weighted by atomic mass is 35.5. The highest BCUT2D eigenvalue weighted by molar-refractivity contribution is 6.30. The molecule has 0 amide bonds. The van der Waals surface area contributed by atoms with Crippen LogP contribution in [-0.2, 0) is 0 Å². The number of rotatable bonds is 3. The van der Waals surface area contributed by atoms with Crippen LogP contribution in [-0.4, -0.2) is 23.9 Å². The van der Waals surface area contributed by atoms with Crippen molar-refractivity contribution in [1.29, 1.82) is 5.26 Å². The molecule has 4 nitrogen and oxygen atoms in total. The van der Waals surface area contributed by atoms with E-state index in [1.807, 2.05) is 36.4 Å². The van der Waals surface area contributed by atoms with Crippen molar-refractivity contribution in [2.75, 3.05) is 13.2 Å². The minimum absolute atomic E-state index is 0.111. The Bertz CT molecular complexity index is 1030. The van der Waals surface area contributed by atoms with E-state index in [9.17, 15) is 10.1 Å². The lowest BCUT2D eigenvalue weighted by Crippen LogP contribution is -2.25. The van der Waals surface area contributed by atoms with Gasteiger partial charge in [-0.15, -0.1) is 0 Å². The smallest absolute Gasteiger partial charge is 0.195 e. The van der Waals surface area contributed by atoms with Crippen molar-refractivity contribution in [2.24, 2.45) is 0 Å². The summed E-state index contributed by atoms with van der Waals surface area (Å²) in [5.74, 6) is -0.111. The van der Waals surface area contributed by atoms with Gasteiger partial charge in [-0.3, -0.25) is 10.1 Å². The van der Waals surface area contributed by atoms with Gasteiger partial charge < -0.3 is 4.90 Å². The number of nitrogens with zero attached hydrogens (tertiary/aromatic N) is 2. The first kappa shape index (κ1) is 17.3. The van der Waals surface area contributed by atoms with Gasteiger partial charge in [-0.2, -0.15) is 5.26 Å². The Labute approximate surface area is 162 Å². The molecule has 2 aromatic rings. The number of halogens is 1. The average Bonchev–Trinajstić information content (AvgIpc) is 3.18. The van der Waals surface area contributed by atoms with E-state index in [4.69, 9.17) is 11.6 Å². The lowest BCUT2D eigenvalue weighted by molar-refractivity contribution is 0.103. The van der Waals surface area contributed by atoms with Gasteiger partial charge in [0.15, 0.2) is 5.78 Å². The standard InChI is InChI=1S/C22H16ClN3O/c23-18-8-6-16(7-9-18)22(27)21-17(10-11-24)12-19(15-4-2-1-3-5-15)26-14-25-13-20(21)26/h1-10,12,25H,13-14H2/b17-10-. The largest absolute Gasteiger partial charge is 0.329 e. The lowest BCUT2D eigenvalue weighted by Gasteiger charge is -2.30. The Morgan fingerprint density at radius 2 is 1.89 bits per heavy atom. The molecule has 0 radical (unpaired) electrons. The quantitative estimate of drug-likeness (QED) is 0.648. The predicted octanol–water partition coefficient (Wildman–Crippen LogP) is 4.14. The van der Waals surface area contributed by atoms with E-state index in [-0.39, 0.29) is 5.78 Å². The third-order valence-electron chi connectivity index (χ3n) is 4.67. The van der Waals surface area contributed by atoms with E-state index in [1.165, 1.54) is 6.08 Å². The van der Waals surface area contributed by atoms with Gasteiger partial charge in [-0.1, -0.05) is 41.9 Å². The van der Waals surface area contributed by atoms with Gasteiger partial charge in [0.1, 0.15) is 0 Å². The van der Waals surface area contributed by atoms with Crippen molar-refractivity contribution >= 4 is 23.1 Å². The molecular weight excluding hydrogens is 358 g/mol. The van der Waals surface area contributed by atoms with Crippen LogP contribution in [0, 0.1) is 11.3 Å². The van der Waals surface area contributed by atoms with Crippen molar-refractivity contribution in [3.8, 4) is 6.07 Å². The molecule has 1 N–H and O–H groups in total. The van der Waals surface area contributed by atoms with Gasteiger partial charge in [0.2, 0.25) is 0 Å². The summed E-state index contributed by atoms with van der Waals surface area (Å²) < 4.78 is 0. The number of ketones is 1. The molecule has 0 aliphatic carbocycles. The third kappa shape index (κ3) is 3.19. The van der Waals surface area contributed by atoms with Crippen LogP contribution in [0.5, 0.6) is 0 Å². The van der Waals surface area contributed by atoms with Gasteiger partial charge in [-0.25, -0.2) is 0 Å². The molecule has 0 spiro atoms. The maximum absolute atomic E-state index is 13.2. The number of Topliss-reactive ketones (excluding diaryl/α,β-unsaturated/α-hetero) is 1. The minimum atomic E-state index is -0.111. The van der Waals surface area contributed by atoms with Crippen molar-refractivity contribution < 1.29 is 4.79 Å². The fraction of sp³-hybridized carbons (Fsp3) is 0.0909. The second kappa shape index (κ2) is 7.24. The van der Waals surface area contributed by atoms with Crippen LogP contribution in [0.15, 0.2) is 83.6 Å². The number of fused-ring (bicyclic) bond motifs is 1. The fourth-order valence-electron chi connectivity index (χ4n) is 3.43. The third-order valence-corrected chi connectivity index (χ3v) is 4.92. The number of hydrogen-bond donors (Lipinski definition) is 1. The second-order valence-electron chi connectivity index (χ2n) is 6.30. The summed E-state index contributed by atoms with van der Waals surface area (Å²) in [7, 11) is 0. The molecule has 5 heteroatoms. The van der Waals surface area contributed by atoms with Crippen molar-refractivity contribution in [2.45, 2.75) is 0 Å². The molecule has 0 bridgehead atoms. The van der Waals surface area contributed by atoms with E-state index in [2.05, 4.69) is 16.3 Å².